The number of fused-ring (bicyclic) bond motifs is 1. The number of ether oxygens (including phenoxy) is 2. The number of carbonyl (C=O) groups is 1. The highest BCUT2D eigenvalue weighted by Crippen LogP contribution is 2.46. The Labute approximate surface area is 197 Å². The monoisotopic (exact) mass is 452 g/mol. The van der Waals surface area contributed by atoms with E-state index in [2.05, 4.69) is 12.1 Å². The van der Waals surface area contributed by atoms with Crippen LogP contribution in [0.5, 0.6) is 17.2 Å². The van der Waals surface area contributed by atoms with Crippen molar-refractivity contribution < 1.29 is 14.3 Å². The molecule has 0 spiro atoms. The van der Waals surface area contributed by atoms with Crippen LogP contribution in [0.1, 0.15) is 33.0 Å². The summed E-state index contributed by atoms with van der Waals surface area (Å²) >= 11 is 6.06. The number of halogens is 1. The third-order valence-corrected chi connectivity index (χ3v) is 6.03. The molecule has 33 heavy (non-hydrogen) atoms. The number of benzene rings is 4. The lowest BCUT2D eigenvalue weighted by Crippen LogP contribution is -2.02. The van der Waals surface area contributed by atoms with Crippen molar-refractivity contribution >= 4 is 23.5 Å². The molecule has 1 atom stereocenters. The molecule has 0 radical (unpaired) electrons. The number of allylic oxidation sites excluding steroid dienone is 1. The predicted octanol–water partition coefficient (Wildman–Crippen LogP) is 7.55. The number of methoxy groups -OCH3 is 1. The van der Waals surface area contributed by atoms with E-state index in [0.29, 0.717) is 27.7 Å². The molecule has 1 aliphatic carbocycles. The molecule has 0 bridgehead atoms. The second-order valence-electron chi connectivity index (χ2n) is 7.82. The minimum Gasteiger partial charge on any atom is -0.497 e. The van der Waals surface area contributed by atoms with Crippen LogP contribution in [-0.2, 0) is 0 Å². The molecule has 0 saturated carbocycles. The van der Waals surface area contributed by atoms with Gasteiger partial charge in [0.25, 0.3) is 0 Å². The standard InChI is InChI=1S/C29H21ClO3/c1-32-22-14-16-23(17-15-22)33-26-9-5-8-24-27(20-6-3-2-4-7-20)25(29(31)28(24)26)18-19-10-12-21(30)13-11-19/h2-18,27H,1H3/b25-18+. The number of hydrogen-bond acceptors (Lipinski definition) is 3. The smallest absolute Gasteiger partial charge is 0.194 e. The van der Waals surface area contributed by atoms with Crippen molar-refractivity contribution in [3.8, 4) is 17.2 Å². The van der Waals surface area contributed by atoms with Crippen LogP contribution in [0.25, 0.3) is 6.08 Å². The van der Waals surface area contributed by atoms with E-state index in [1.165, 1.54) is 0 Å². The molecule has 0 saturated heterocycles. The predicted molar refractivity (Wildman–Crippen MR) is 132 cm³/mol. The van der Waals surface area contributed by atoms with Gasteiger partial charge < -0.3 is 9.47 Å². The summed E-state index contributed by atoms with van der Waals surface area (Å²) in [6.45, 7) is 0. The van der Waals surface area contributed by atoms with E-state index in [1.54, 1.807) is 7.11 Å². The molecule has 5 rings (SSSR count). The first-order valence-corrected chi connectivity index (χ1v) is 11.0. The average Bonchev–Trinajstić information content (AvgIpc) is 3.13. The molecule has 0 aliphatic heterocycles. The molecule has 3 nitrogen and oxygen atoms in total. The Balaban J connectivity index is 1.61. The van der Waals surface area contributed by atoms with Gasteiger partial charge in [0, 0.05) is 16.5 Å². The lowest BCUT2D eigenvalue weighted by atomic mass is 9.89. The van der Waals surface area contributed by atoms with Gasteiger partial charge in [0.15, 0.2) is 5.78 Å². The van der Waals surface area contributed by atoms with E-state index in [0.717, 1.165) is 22.4 Å². The van der Waals surface area contributed by atoms with Crippen molar-refractivity contribution in [1.29, 1.82) is 0 Å². The highest BCUT2D eigenvalue weighted by atomic mass is 35.5. The molecule has 4 aromatic rings. The zero-order chi connectivity index (χ0) is 22.8. The largest absolute Gasteiger partial charge is 0.497 e. The quantitative estimate of drug-likeness (QED) is 0.293. The third kappa shape index (κ3) is 4.15. The van der Waals surface area contributed by atoms with Crippen molar-refractivity contribution in [2.45, 2.75) is 5.92 Å². The molecule has 0 N–H and O–H groups in total. The van der Waals surface area contributed by atoms with Crippen molar-refractivity contribution in [2.24, 2.45) is 0 Å². The number of ketones is 1. The Morgan fingerprint density at radius 2 is 1.48 bits per heavy atom. The maximum absolute atomic E-state index is 13.8. The fourth-order valence-corrected chi connectivity index (χ4v) is 4.35. The van der Waals surface area contributed by atoms with Gasteiger partial charge in [0.2, 0.25) is 0 Å². The first-order valence-electron chi connectivity index (χ1n) is 10.7. The van der Waals surface area contributed by atoms with Crippen LogP contribution in [0.15, 0.2) is 103 Å². The zero-order valence-electron chi connectivity index (χ0n) is 18.0. The van der Waals surface area contributed by atoms with Crippen LogP contribution >= 0.6 is 11.6 Å². The highest BCUT2D eigenvalue weighted by molar-refractivity contribution is 6.30. The van der Waals surface area contributed by atoms with E-state index >= 15 is 0 Å². The van der Waals surface area contributed by atoms with E-state index in [-0.39, 0.29) is 11.7 Å². The Morgan fingerprint density at radius 3 is 2.18 bits per heavy atom. The van der Waals surface area contributed by atoms with Gasteiger partial charge in [-0.05, 0) is 65.2 Å². The molecule has 162 valence electrons. The lowest BCUT2D eigenvalue weighted by Gasteiger charge is -2.14. The normalized spacial score (nSPS) is 16.0. The number of Topliss-reactive ketones (excluding diaryl/α,β-unsaturated/α-hetero) is 1. The van der Waals surface area contributed by atoms with Crippen LogP contribution in [0.4, 0.5) is 0 Å². The topological polar surface area (TPSA) is 35.5 Å². The first-order chi connectivity index (χ1) is 16.1. The molecule has 4 heteroatoms. The Morgan fingerprint density at radius 1 is 0.788 bits per heavy atom. The van der Waals surface area contributed by atoms with Gasteiger partial charge in [-0.25, -0.2) is 0 Å². The minimum absolute atomic E-state index is 0.0297. The van der Waals surface area contributed by atoms with Crippen LogP contribution in [-0.4, -0.2) is 12.9 Å². The summed E-state index contributed by atoms with van der Waals surface area (Å²) in [6, 6.07) is 30.7. The molecule has 0 fully saturated rings. The van der Waals surface area contributed by atoms with Crippen molar-refractivity contribution in [3.63, 3.8) is 0 Å². The van der Waals surface area contributed by atoms with E-state index < -0.39 is 0 Å². The first kappa shape index (κ1) is 21.0. The Kier molecular flexibility index (Phi) is 5.72. The van der Waals surface area contributed by atoms with E-state index in [4.69, 9.17) is 21.1 Å². The summed E-state index contributed by atoms with van der Waals surface area (Å²) in [5.41, 5.74) is 4.24. The SMILES string of the molecule is COc1ccc(Oc2cccc3c2C(=O)/C(=C/c2ccc(Cl)cc2)C3c2ccccc2)cc1. The fraction of sp³-hybridized carbons (Fsp3) is 0.0690. The average molecular weight is 453 g/mol. The van der Waals surface area contributed by atoms with Gasteiger partial charge in [-0.2, -0.15) is 0 Å². The summed E-state index contributed by atoms with van der Waals surface area (Å²) in [7, 11) is 1.62. The molecular formula is C29H21ClO3. The van der Waals surface area contributed by atoms with Crippen LogP contribution in [0, 0.1) is 0 Å². The second kappa shape index (κ2) is 8.97. The van der Waals surface area contributed by atoms with Crippen LogP contribution in [0.3, 0.4) is 0 Å². The van der Waals surface area contributed by atoms with E-state index in [9.17, 15) is 4.79 Å². The van der Waals surface area contributed by atoms with E-state index in [1.807, 2.05) is 91.0 Å². The molecule has 0 aromatic heterocycles. The summed E-state index contributed by atoms with van der Waals surface area (Å²) in [6.07, 6.45) is 1.95. The molecule has 1 unspecified atom stereocenters. The molecule has 4 aromatic carbocycles. The summed E-state index contributed by atoms with van der Waals surface area (Å²) in [5.74, 6) is 1.72. The molecule has 0 heterocycles. The molecule has 1 aliphatic rings. The second-order valence-corrected chi connectivity index (χ2v) is 8.26. The number of carbonyl (C=O) groups excluding carboxylic acids is 1. The van der Waals surface area contributed by atoms with Gasteiger partial charge in [0.1, 0.15) is 17.2 Å². The lowest BCUT2D eigenvalue weighted by molar-refractivity contribution is 0.103. The van der Waals surface area contributed by atoms with Crippen molar-refractivity contribution in [3.05, 3.63) is 130 Å². The van der Waals surface area contributed by atoms with Gasteiger partial charge in [-0.15, -0.1) is 0 Å². The van der Waals surface area contributed by atoms with Crippen molar-refractivity contribution in [1.82, 2.24) is 0 Å². The maximum atomic E-state index is 13.8. The van der Waals surface area contributed by atoms with Crippen LogP contribution in [0.2, 0.25) is 5.02 Å². The van der Waals surface area contributed by atoms with Gasteiger partial charge in [-0.1, -0.05) is 66.2 Å². The van der Waals surface area contributed by atoms with Gasteiger partial charge in [0.05, 0.1) is 12.7 Å². The number of rotatable bonds is 5. The van der Waals surface area contributed by atoms with Crippen LogP contribution < -0.4 is 9.47 Å². The highest BCUT2D eigenvalue weighted by Gasteiger charge is 2.38. The summed E-state index contributed by atoms with van der Waals surface area (Å²) in [4.78, 5) is 13.8. The molecule has 0 amide bonds. The number of hydrogen-bond donors (Lipinski definition) is 0. The Bertz CT molecular complexity index is 1320. The minimum atomic E-state index is -0.177. The fourth-order valence-electron chi connectivity index (χ4n) is 4.22. The van der Waals surface area contributed by atoms with Crippen molar-refractivity contribution in [2.75, 3.05) is 7.11 Å². The summed E-state index contributed by atoms with van der Waals surface area (Å²) in [5, 5.41) is 0.660. The third-order valence-electron chi connectivity index (χ3n) is 5.78. The Hall–Kier alpha value is -3.82. The zero-order valence-corrected chi connectivity index (χ0v) is 18.8. The van der Waals surface area contributed by atoms with Gasteiger partial charge >= 0.3 is 0 Å². The molecular weight excluding hydrogens is 432 g/mol. The van der Waals surface area contributed by atoms with Gasteiger partial charge in [-0.3, -0.25) is 4.79 Å². The summed E-state index contributed by atoms with van der Waals surface area (Å²) < 4.78 is 11.4. The maximum Gasteiger partial charge on any atom is 0.194 e.